The van der Waals surface area contributed by atoms with Crippen LogP contribution in [0.25, 0.3) is 4.96 Å². The van der Waals surface area contributed by atoms with Crippen molar-refractivity contribution in [3.05, 3.63) is 27.6 Å². The first-order valence-corrected chi connectivity index (χ1v) is 7.24. The fourth-order valence-electron chi connectivity index (χ4n) is 1.29. The Morgan fingerprint density at radius 3 is 3.17 bits per heavy atom. The topological polar surface area (TPSA) is 84.6 Å². The predicted molar refractivity (Wildman–Crippen MR) is 70.1 cm³/mol. The molecule has 0 saturated carbocycles. The minimum atomic E-state index is -0.812. The van der Waals surface area contributed by atoms with Gasteiger partial charge in [-0.15, -0.1) is 0 Å². The van der Waals surface area contributed by atoms with Crippen molar-refractivity contribution in [1.82, 2.24) is 14.6 Å². The van der Waals surface area contributed by atoms with Crippen molar-refractivity contribution < 1.29 is 9.90 Å². The Labute approximate surface area is 111 Å². The third-order valence-electron chi connectivity index (χ3n) is 2.28. The van der Waals surface area contributed by atoms with Crippen LogP contribution in [0.1, 0.15) is 12.6 Å². The number of rotatable bonds is 5. The van der Waals surface area contributed by atoms with Gasteiger partial charge in [0.1, 0.15) is 5.51 Å². The van der Waals surface area contributed by atoms with Crippen molar-refractivity contribution in [1.29, 1.82) is 0 Å². The van der Waals surface area contributed by atoms with Gasteiger partial charge in [-0.05, 0) is 0 Å². The maximum Gasteiger partial charge on any atom is 0.307 e. The summed E-state index contributed by atoms with van der Waals surface area (Å²) in [6.45, 7) is 1.66. The van der Waals surface area contributed by atoms with Crippen LogP contribution in [0.3, 0.4) is 0 Å². The van der Waals surface area contributed by atoms with Gasteiger partial charge in [0.15, 0.2) is 0 Å². The summed E-state index contributed by atoms with van der Waals surface area (Å²) in [5, 5.41) is 12.6. The molecule has 0 saturated heterocycles. The molecule has 2 aromatic rings. The minimum Gasteiger partial charge on any atom is -0.481 e. The Kier molecular flexibility index (Phi) is 3.97. The first kappa shape index (κ1) is 13.0. The SMILES string of the molecule is CC(CSCc1cc(=O)n2ncsc2n1)C(=O)O. The maximum absolute atomic E-state index is 11.6. The number of carboxylic acids is 1. The van der Waals surface area contributed by atoms with Gasteiger partial charge in [-0.1, -0.05) is 18.3 Å². The molecular formula is C10H11N3O3S2. The van der Waals surface area contributed by atoms with Gasteiger partial charge in [0.05, 0.1) is 11.6 Å². The van der Waals surface area contributed by atoms with Crippen LogP contribution in [-0.4, -0.2) is 31.4 Å². The molecule has 6 nitrogen and oxygen atoms in total. The van der Waals surface area contributed by atoms with Crippen LogP contribution >= 0.6 is 23.1 Å². The molecule has 0 radical (unpaired) electrons. The summed E-state index contributed by atoms with van der Waals surface area (Å²) in [5.74, 6) is -0.183. The third-order valence-corrected chi connectivity index (χ3v) is 4.19. The molecule has 1 unspecified atom stereocenters. The molecule has 1 N–H and O–H groups in total. The molecule has 0 aliphatic heterocycles. The summed E-state index contributed by atoms with van der Waals surface area (Å²) in [4.78, 5) is 27.1. The fourth-order valence-corrected chi connectivity index (χ4v) is 2.90. The monoisotopic (exact) mass is 285 g/mol. The quantitative estimate of drug-likeness (QED) is 0.885. The van der Waals surface area contributed by atoms with Crippen LogP contribution in [0, 0.1) is 5.92 Å². The van der Waals surface area contributed by atoms with Gasteiger partial charge in [-0.3, -0.25) is 9.59 Å². The van der Waals surface area contributed by atoms with Gasteiger partial charge in [0.2, 0.25) is 4.96 Å². The first-order valence-electron chi connectivity index (χ1n) is 5.21. The van der Waals surface area contributed by atoms with Crippen LogP contribution in [0.15, 0.2) is 16.4 Å². The lowest BCUT2D eigenvalue weighted by Crippen LogP contribution is -2.15. The Hall–Kier alpha value is -1.41. The fraction of sp³-hybridized carbons (Fsp3) is 0.400. The van der Waals surface area contributed by atoms with Crippen molar-refractivity contribution in [2.45, 2.75) is 12.7 Å². The zero-order valence-corrected chi connectivity index (χ0v) is 11.2. The molecule has 0 bridgehead atoms. The van der Waals surface area contributed by atoms with E-state index >= 15 is 0 Å². The van der Waals surface area contributed by atoms with Crippen molar-refractivity contribution in [2.24, 2.45) is 5.92 Å². The smallest absolute Gasteiger partial charge is 0.307 e. The van der Waals surface area contributed by atoms with E-state index in [0.29, 0.717) is 22.2 Å². The van der Waals surface area contributed by atoms with Gasteiger partial charge in [0, 0.05) is 17.6 Å². The summed E-state index contributed by atoms with van der Waals surface area (Å²) < 4.78 is 1.25. The number of hydrogen-bond donors (Lipinski definition) is 1. The van der Waals surface area contributed by atoms with Crippen molar-refractivity contribution in [2.75, 3.05) is 5.75 Å². The molecule has 96 valence electrons. The molecule has 0 amide bonds. The minimum absolute atomic E-state index is 0.205. The van der Waals surface area contributed by atoms with Gasteiger partial charge >= 0.3 is 5.97 Å². The summed E-state index contributed by atoms with van der Waals surface area (Å²) in [6, 6.07) is 1.44. The van der Waals surface area contributed by atoms with E-state index in [-0.39, 0.29) is 5.56 Å². The van der Waals surface area contributed by atoms with Crippen molar-refractivity contribution in [3.63, 3.8) is 0 Å². The van der Waals surface area contributed by atoms with E-state index in [1.165, 1.54) is 33.7 Å². The first-order chi connectivity index (χ1) is 8.58. The van der Waals surface area contributed by atoms with E-state index in [9.17, 15) is 9.59 Å². The second-order valence-corrected chi connectivity index (χ2v) is 5.62. The Morgan fingerprint density at radius 1 is 1.67 bits per heavy atom. The van der Waals surface area contributed by atoms with Crippen LogP contribution < -0.4 is 5.56 Å². The van der Waals surface area contributed by atoms with E-state index in [1.807, 2.05) is 0 Å². The molecule has 2 aromatic heterocycles. The molecule has 0 fully saturated rings. The Morgan fingerprint density at radius 2 is 2.44 bits per heavy atom. The zero-order valence-electron chi connectivity index (χ0n) is 9.57. The van der Waals surface area contributed by atoms with Crippen molar-refractivity contribution in [3.8, 4) is 0 Å². The highest BCUT2D eigenvalue weighted by atomic mass is 32.2. The lowest BCUT2D eigenvalue weighted by molar-refractivity contribution is -0.140. The highest BCUT2D eigenvalue weighted by molar-refractivity contribution is 7.98. The number of hydrogen-bond acceptors (Lipinski definition) is 6. The van der Waals surface area contributed by atoms with Crippen LogP contribution in [0.4, 0.5) is 0 Å². The Bertz CT molecular complexity index is 622. The predicted octanol–water partition coefficient (Wildman–Crippen LogP) is 1.10. The van der Waals surface area contributed by atoms with Gasteiger partial charge in [-0.25, -0.2) is 4.98 Å². The standard InChI is InChI=1S/C10H11N3O3S2/c1-6(9(15)16)3-17-4-7-2-8(14)13-10(12-7)18-5-11-13/h2,5-6H,3-4H2,1H3,(H,15,16). The molecule has 1 atom stereocenters. The van der Waals surface area contributed by atoms with E-state index in [4.69, 9.17) is 5.11 Å². The summed E-state index contributed by atoms with van der Waals surface area (Å²) in [7, 11) is 0. The average Bonchev–Trinajstić information content (AvgIpc) is 2.77. The van der Waals surface area contributed by atoms with E-state index < -0.39 is 11.9 Å². The largest absolute Gasteiger partial charge is 0.481 e. The summed E-state index contributed by atoms with van der Waals surface area (Å²) in [6.07, 6.45) is 0. The molecule has 0 aliphatic rings. The molecule has 0 aromatic carbocycles. The lowest BCUT2D eigenvalue weighted by atomic mass is 10.2. The summed E-state index contributed by atoms with van der Waals surface area (Å²) in [5.41, 5.74) is 2.02. The highest BCUT2D eigenvalue weighted by Gasteiger charge is 2.11. The Balaban J connectivity index is 2.04. The second-order valence-electron chi connectivity index (χ2n) is 3.77. The number of fused-ring (bicyclic) bond motifs is 1. The second kappa shape index (κ2) is 5.49. The van der Waals surface area contributed by atoms with Crippen LogP contribution in [0.2, 0.25) is 0 Å². The van der Waals surface area contributed by atoms with E-state index in [2.05, 4.69) is 10.1 Å². The number of carboxylic acid groups (broad SMARTS) is 1. The third kappa shape index (κ3) is 2.88. The van der Waals surface area contributed by atoms with Crippen LogP contribution in [0.5, 0.6) is 0 Å². The van der Waals surface area contributed by atoms with Crippen molar-refractivity contribution >= 4 is 34.0 Å². The lowest BCUT2D eigenvalue weighted by Gasteiger charge is -2.05. The molecular weight excluding hydrogens is 274 g/mol. The maximum atomic E-state index is 11.6. The summed E-state index contributed by atoms with van der Waals surface area (Å²) >= 11 is 2.75. The zero-order chi connectivity index (χ0) is 13.1. The number of carbonyl (C=O) groups is 1. The van der Waals surface area contributed by atoms with E-state index in [1.54, 1.807) is 12.4 Å². The molecule has 0 aliphatic carbocycles. The normalized spacial score (nSPS) is 12.7. The molecule has 8 heteroatoms. The number of nitrogens with zero attached hydrogens (tertiary/aromatic N) is 3. The molecule has 2 heterocycles. The van der Waals surface area contributed by atoms with Gasteiger partial charge in [-0.2, -0.15) is 21.4 Å². The molecule has 18 heavy (non-hydrogen) atoms. The number of aromatic nitrogens is 3. The van der Waals surface area contributed by atoms with E-state index in [0.717, 1.165) is 0 Å². The highest BCUT2D eigenvalue weighted by Crippen LogP contribution is 2.14. The molecule has 2 rings (SSSR count). The average molecular weight is 285 g/mol. The molecule has 0 spiro atoms. The number of aliphatic carboxylic acids is 1. The van der Waals surface area contributed by atoms with Gasteiger partial charge < -0.3 is 5.11 Å². The van der Waals surface area contributed by atoms with Gasteiger partial charge in [0.25, 0.3) is 5.56 Å². The van der Waals surface area contributed by atoms with Crippen LogP contribution in [-0.2, 0) is 10.5 Å². The number of thioether (sulfide) groups is 1.